The SMILES string of the molecule is CSc1nncn1-c1ccc(N2CCN(c3ccccc3)CC2)cc1. The molecule has 6 heteroatoms. The Hall–Kier alpha value is -2.47. The maximum atomic E-state index is 4.12. The fourth-order valence-corrected chi connectivity index (χ4v) is 3.70. The molecule has 0 saturated carbocycles. The molecule has 2 aromatic carbocycles. The van der Waals surface area contributed by atoms with Gasteiger partial charge in [-0.25, -0.2) is 0 Å². The first-order valence-corrected chi connectivity index (χ1v) is 9.67. The Kier molecular flexibility index (Phi) is 4.61. The quantitative estimate of drug-likeness (QED) is 0.674. The number of aromatic nitrogens is 3. The summed E-state index contributed by atoms with van der Waals surface area (Å²) in [5, 5.41) is 9.02. The van der Waals surface area contributed by atoms with Crippen LogP contribution in [0.15, 0.2) is 66.1 Å². The molecule has 0 radical (unpaired) electrons. The predicted octanol–water partition coefficient (Wildman–Crippen LogP) is 3.32. The minimum Gasteiger partial charge on any atom is -0.368 e. The molecule has 0 bridgehead atoms. The molecule has 128 valence electrons. The molecule has 1 fully saturated rings. The highest BCUT2D eigenvalue weighted by Crippen LogP contribution is 2.23. The Morgan fingerprint density at radius 1 is 0.760 bits per heavy atom. The molecule has 1 aromatic heterocycles. The summed E-state index contributed by atoms with van der Waals surface area (Å²) in [6.07, 6.45) is 3.78. The zero-order valence-electron chi connectivity index (χ0n) is 14.2. The molecule has 0 aliphatic carbocycles. The zero-order chi connectivity index (χ0) is 17.1. The lowest BCUT2D eigenvalue weighted by atomic mass is 10.2. The number of hydrogen-bond acceptors (Lipinski definition) is 5. The van der Waals surface area contributed by atoms with Crippen molar-refractivity contribution in [2.24, 2.45) is 0 Å². The van der Waals surface area contributed by atoms with Crippen molar-refractivity contribution in [3.63, 3.8) is 0 Å². The molecule has 5 nitrogen and oxygen atoms in total. The normalized spacial score (nSPS) is 14.8. The maximum absolute atomic E-state index is 4.12. The lowest BCUT2D eigenvalue weighted by molar-refractivity contribution is 0.653. The third-order valence-corrected chi connectivity index (χ3v) is 5.24. The number of thioether (sulfide) groups is 1. The monoisotopic (exact) mass is 351 g/mol. The largest absolute Gasteiger partial charge is 0.368 e. The van der Waals surface area contributed by atoms with Crippen molar-refractivity contribution in [3.8, 4) is 5.69 Å². The second-order valence-electron chi connectivity index (χ2n) is 6.01. The smallest absolute Gasteiger partial charge is 0.195 e. The van der Waals surface area contributed by atoms with Gasteiger partial charge in [-0.2, -0.15) is 0 Å². The molecule has 1 saturated heterocycles. The van der Waals surface area contributed by atoms with E-state index in [4.69, 9.17) is 0 Å². The van der Waals surface area contributed by atoms with E-state index in [1.807, 2.05) is 10.8 Å². The van der Waals surface area contributed by atoms with Crippen LogP contribution in [0.25, 0.3) is 5.69 Å². The van der Waals surface area contributed by atoms with Crippen LogP contribution < -0.4 is 9.80 Å². The van der Waals surface area contributed by atoms with E-state index in [9.17, 15) is 0 Å². The number of anilines is 2. The highest BCUT2D eigenvalue weighted by atomic mass is 32.2. The summed E-state index contributed by atoms with van der Waals surface area (Å²) < 4.78 is 2.02. The summed E-state index contributed by atoms with van der Waals surface area (Å²) in [4.78, 5) is 4.90. The van der Waals surface area contributed by atoms with Crippen molar-refractivity contribution in [3.05, 3.63) is 60.9 Å². The average Bonchev–Trinajstić information content (AvgIpc) is 3.18. The van der Waals surface area contributed by atoms with Crippen LogP contribution in [-0.4, -0.2) is 47.2 Å². The molecular formula is C19H21N5S. The Morgan fingerprint density at radius 2 is 1.32 bits per heavy atom. The molecule has 1 aliphatic rings. The average molecular weight is 351 g/mol. The number of nitrogens with zero attached hydrogens (tertiary/aromatic N) is 5. The number of rotatable bonds is 4. The van der Waals surface area contributed by atoms with Crippen LogP contribution in [0.1, 0.15) is 0 Å². The first kappa shape index (κ1) is 16.0. The summed E-state index contributed by atoms with van der Waals surface area (Å²) >= 11 is 1.60. The van der Waals surface area contributed by atoms with Gasteiger partial charge in [-0.1, -0.05) is 30.0 Å². The van der Waals surface area contributed by atoms with E-state index in [0.717, 1.165) is 37.0 Å². The van der Waals surface area contributed by atoms with Gasteiger partial charge in [0.1, 0.15) is 6.33 Å². The van der Waals surface area contributed by atoms with E-state index < -0.39 is 0 Å². The first-order valence-electron chi connectivity index (χ1n) is 8.44. The third-order valence-electron chi connectivity index (χ3n) is 4.59. The lowest BCUT2D eigenvalue weighted by Crippen LogP contribution is -2.46. The Labute approximate surface area is 152 Å². The van der Waals surface area contributed by atoms with Gasteiger partial charge in [0.15, 0.2) is 5.16 Å². The van der Waals surface area contributed by atoms with E-state index in [1.165, 1.54) is 11.4 Å². The number of hydrogen-bond donors (Lipinski definition) is 0. The molecule has 25 heavy (non-hydrogen) atoms. The van der Waals surface area contributed by atoms with Crippen molar-refractivity contribution < 1.29 is 0 Å². The van der Waals surface area contributed by atoms with Gasteiger partial charge in [-0.05, 0) is 42.7 Å². The van der Waals surface area contributed by atoms with E-state index in [-0.39, 0.29) is 0 Å². The topological polar surface area (TPSA) is 37.2 Å². The second-order valence-corrected chi connectivity index (χ2v) is 6.79. The fraction of sp³-hybridized carbons (Fsp3) is 0.263. The zero-order valence-corrected chi connectivity index (χ0v) is 15.1. The second kappa shape index (κ2) is 7.19. The highest BCUT2D eigenvalue weighted by Gasteiger charge is 2.17. The molecule has 0 amide bonds. The summed E-state index contributed by atoms with van der Waals surface area (Å²) in [7, 11) is 0. The minimum atomic E-state index is 0.907. The number of para-hydroxylation sites is 1. The van der Waals surface area contributed by atoms with E-state index in [0.29, 0.717) is 0 Å². The van der Waals surface area contributed by atoms with Gasteiger partial charge in [0.05, 0.1) is 0 Å². The van der Waals surface area contributed by atoms with E-state index >= 15 is 0 Å². The van der Waals surface area contributed by atoms with Crippen molar-refractivity contribution in [2.45, 2.75) is 5.16 Å². The molecule has 0 N–H and O–H groups in total. The Balaban J connectivity index is 1.43. The molecule has 4 rings (SSSR count). The standard InChI is InChI=1S/C19H21N5S/c1-25-19-21-20-15-24(19)18-9-7-17(8-10-18)23-13-11-22(12-14-23)16-5-3-2-4-6-16/h2-10,15H,11-14H2,1H3. The van der Waals surface area contributed by atoms with Gasteiger partial charge in [0.25, 0.3) is 0 Å². The molecule has 0 atom stereocenters. The molecule has 2 heterocycles. The summed E-state index contributed by atoms with van der Waals surface area (Å²) in [5.41, 5.74) is 3.69. The van der Waals surface area contributed by atoms with Gasteiger partial charge in [-0.3, -0.25) is 4.57 Å². The molecule has 3 aromatic rings. The van der Waals surface area contributed by atoms with Crippen LogP contribution in [0.2, 0.25) is 0 Å². The van der Waals surface area contributed by atoms with Crippen LogP contribution in [0.5, 0.6) is 0 Å². The summed E-state index contributed by atoms with van der Waals surface area (Å²) in [6.45, 7) is 4.18. The lowest BCUT2D eigenvalue weighted by Gasteiger charge is -2.37. The summed E-state index contributed by atoms with van der Waals surface area (Å²) in [5.74, 6) is 0. The van der Waals surface area contributed by atoms with Gasteiger partial charge in [0.2, 0.25) is 0 Å². The summed E-state index contributed by atoms with van der Waals surface area (Å²) in [6, 6.07) is 19.3. The fourth-order valence-electron chi connectivity index (χ4n) is 3.23. The molecular weight excluding hydrogens is 330 g/mol. The molecule has 0 unspecified atom stereocenters. The first-order chi connectivity index (χ1) is 12.3. The van der Waals surface area contributed by atoms with Gasteiger partial charge < -0.3 is 9.80 Å². The minimum absolute atomic E-state index is 0.907. The van der Waals surface area contributed by atoms with Crippen molar-refractivity contribution in [1.82, 2.24) is 14.8 Å². The number of benzene rings is 2. The van der Waals surface area contributed by atoms with E-state index in [2.05, 4.69) is 74.6 Å². The Bertz CT molecular complexity index is 807. The van der Waals surface area contributed by atoms with Crippen LogP contribution >= 0.6 is 11.8 Å². The van der Waals surface area contributed by atoms with E-state index in [1.54, 1.807) is 18.1 Å². The molecule has 1 aliphatic heterocycles. The van der Waals surface area contributed by atoms with Gasteiger partial charge >= 0.3 is 0 Å². The number of piperazine rings is 1. The highest BCUT2D eigenvalue weighted by molar-refractivity contribution is 7.98. The van der Waals surface area contributed by atoms with Crippen LogP contribution in [0.4, 0.5) is 11.4 Å². The Morgan fingerprint density at radius 3 is 1.92 bits per heavy atom. The predicted molar refractivity (Wildman–Crippen MR) is 104 cm³/mol. The van der Waals surface area contributed by atoms with Crippen LogP contribution in [0.3, 0.4) is 0 Å². The van der Waals surface area contributed by atoms with Crippen molar-refractivity contribution in [1.29, 1.82) is 0 Å². The maximum Gasteiger partial charge on any atom is 0.195 e. The van der Waals surface area contributed by atoms with Gasteiger partial charge in [0, 0.05) is 43.2 Å². The molecule has 0 spiro atoms. The van der Waals surface area contributed by atoms with Gasteiger partial charge in [-0.15, -0.1) is 10.2 Å². The van der Waals surface area contributed by atoms with Crippen molar-refractivity contribution in [2.75, 3.05) is 42.2 Å². The van der Waals surface area contributed by atoms with Crippen molar-refractivity contribution >= 4 is 23.1 Å². The third kappa shape index (κ3) is 3.35. The van der Waals surface area contributed by atoms with Crippen LogP contribution in [0, 0.1) is 0 Å². The van der Waals surface area contributed by atoms with Crippen LogP contribution in [-0.2, 0) is 0 Å².